The van der Waals surface area contributed by atoms with Crippen molar-refractivity contribution in [1.29, 1.82) is 0 Å². The van der Waals surface area contributed by atoms with Gasteiger partial charge < -0.3 is 10.2 Å². The number of hydrogen-bond acceptors (Lipinski definition) is 11. The number of hydrogen-bond donors (Lipinski definition) is 4. The molecular formula is C12H6N4O4S5. The van der Waals surface area contributed by atoms with Crippen molar-refractivity contribution in [3.05, 3.63) is 16.3 Å². The zero-order chi connectivity index (χ0) is 18.1. The molecule has 0 bridgehead atoms. The van der Waals surface area contributed by atoms with Gasteiger partial charge in [-0.2, -0.15) is 0 Å². The molecule has 0 aliphatic rings. The molecular weight excluding hydrogens is 424 g/mol. The van der Waals surface area contributed by atoms with Crippen molar-refractivity contribution in [3.63, 3.8) is 0 Å². The number of thiophene rings is 1. The van der Waals surface area contributed by atoms with Crippen molar-refractivity contribution < 1.29 is 19.8 Å². The molecule has 3 aromatic rings. The zero-order valence-electron chi connectivity index (χ0n) is 11.8. The first-order chi connectivity index (χ1) is 11.9. The molecule has 0 spiro atoms. The summed E-state index contributed by atoms with van der Waals surface area (Å²) in [6.45, 7) is 0. The van der Waals surface area contributed by atoms with Gasteiger partial charge in [0.25, 0.3) is 0 Å². The third-order valence-corrected chi connectivity index (χ3v) is 6.05. The molecule has 128 valence electrons. The number of nitrogens with zero attached hydrogens (tertiary/aromatic N) is 4. The summed E-state index contributed by atoms with van der Waals surface area (Å²) in [7, 11) is 0. The van der Waals surface area contributed by atoms with Gasteiger partial charge >= 0.3 is 11.9 Å². The number of carbonyl (C=O) groups is 2. The Morgan fingerprint density at radius 3 is 2.08 bits per heavy atom. The Hall–Kier alpha value is -1.80. The highest BCUT2D eigenvalue weighted by atomic mass is 32.2. The first-order valence-corrected chi connectivity index (χ1v) is 9.63. The average Bonchev–Trinajstić information content (AvgIpc) is 3.23. The number of rotatable bonds is 5. The van der Waals surface area contributed by atoms with Gasteiger partial charge in [0.1, 0.15) is 5.01 Å². The predicted octanol–water partition coefficient (Wildman–Crippen LogP) is 2.92. The fourth-order valence-electron chi connectivity index (χ4n) is 1.91. The van der Waals surface area contributed by atoms with Crippen LogP contribution in [0.1, 0.15) is 4.88 Å². The monoisotopic (exact) mass is 430 g/mol. The van der Waals surface area contributed by atoms with E-state index < -0.39 is 11.9 Å². The van der Waals surface area contributed by atoms with Gasteiger partial charge in [0.15, 0.2) is 13.7 Å². The summed E-state index contributed by atoms with van der Waals surface area (Å²) in [4.78, 5) is 22.8. The highest BCUT2D eigenvalue weighted by Crippen LogP contribution is 2.44. The van der Waals surface area contributed by atoms with Crippen LogP contribution in [-0.4, -0.2) is 42.5 Å². The minimum Gasteiger partial charge on any atom is -0.478 e. The summed E-state index contributed by atoms with van der Waals surface area (Å²) in [5, 5.41) is 36.7. The molecule has 8 nitrogen and oxygen atoms in total. The maximum Gasteiger partial charge on any atom is 0.337 e. The Balaban J connectivity index is 2.28. The molecule has 3 heterocycles. The molecule has 0 unspecified atom stereocenters. The predicted molar refractivity (Wildman–Crippen MR) is 99.9 cm³/mol. The largest absolute Gasteiger partial charge is 0.478 e. The molecule has 13 heteroatoms. The summed E-state index contributed by atoms with van der Waals surface area (Å²) in [5.74, 6) is -2.72. The lowest BCUT2D eigenvalue weighted by molar-refractivity contribution is -0.133. The van der Waals surface area contributed by atoms with Crippen molar-refractivity contribution in [2.45, 2.75) is 8.68 Å². The van der Waals surface area contributed by atoms with Crippen LogP contribution in [0.5, 0.6) is 0 Å². The molecule has 0 aliphatic heterocycles. The van der Waals surface area contributed by atoms with Crippen molar-refractivity contribution in [2.24, 2.45) is 0 Å². The van der Waals surface area contributed by atoms with Gasteiger partial charge in [0, 0.05) is 22.6 Å². The van der Waals surface area contributed by atoms with Gasteiger partial charge in [0.2, 0.25) is 0 Å². The number of thiol groups is 2. The second-order valence-corrected chi connectivity index (χ2v) is 8.62. The first-order valence-electron chi connectivity index (χ1n) is 6.22. The topological polar surface area (TPSA) is 126 Å². The standard InChI is InChI=1S/C12H6N4O4S5/c17-5(18)1-3(10(19)20)7-6(9-14-16-12(22)25-9)4(2-23-7)8-13-15-11(21)24-8/h1-2H,(H,15,21)(H,16,22)(H,17,18)(H,19,20). The summed E-state index contributed by atoms with van der Waals surface area (Å²) in [5.41, 5.74) is 0.660. The van der Waals surface area contributed by atoms with Crippen LogP contribution in [0.2, 0.25) is 0 Å². The van der Waals surface area contributed by atoms with Crippen LogP contribution < -0.4 is 0 Å². The van der Waals surface area contributed by atoms with E-state index in [-0.39, 0.29) is 10.5 Å². The second kappa shape index (κ2) is 7.21. The van der Waals surface area contributed by atoms with Gasteiger partial charge in [-0.3, -0.25) is 0 Å². The van der Waals surface area contributed by atoms with E-state index in [2.05, 4.69) is 45.7 Å². The van der Waals surface area contributed by atoms with E-state index >= 15 is 0 Å². The van der Waals surface area contributed by atoms with Crippen LogP contribution in [-0.2, 0) is 9.59 Å². The highest BCUT2D eigenvalue weighted by molar-refractivity contribution is 7.83. The maximum atomic E-state index is 11.6. The third kappa shape index (κ3) is 3.74. The van der Waals surface area contributed by atoms with Gasteiger partial charge in [0.05, 0.1) is 10.5 Å². The van der Waals surface area contributed by atoms with Crippen molar-refractivity contribution in [3.8, 4) is 21.1 Å². The number of carboxylic acid groups (broad SMARTS) is 2. The second-order valence-electron chi connectivity index (χ2n) is 4.33. The quantitative estimate of drug-likeness (QED) is 0.360. The molecule has 2 N–H and O–H groups in total. The molecule has 0 saturated carbocycles. The lowest BCUT2D eigenvalue weighted by atomic mass is 10.1. The van der Waals surface area contributed by atoms with Crippen molar-refractivity contribution in [2.75, 3.05) is 0 Å². The Bertz CT molecular complexity index is 1000. The van der Waals surface area contributed by atoms with E-state index in [1.54, 1.807) is 5.38 Å². The molecule has 0 saturated heterocycles. The average molecular weight is 431 g/mol. The van der Waals surface area contributed by atoms with E-state index in [9.17, 15) is 14.7 Å². The zero-order valence-corrected chi connectivity index (χ0v) is 16.0. The summed E-state index contributed by atoms with van der Waals surface area (Å²) >= 11 is 11.7. The van der Waals surface area contributed by atoms with E-state index in [1.165, 1.54) is 11.3 Å². The van der Waals surface area contributed by atoms with Crippen LogP contribution in [0.3, 0.4) is 0 Å². The molecule has 0 amide bonds. The first kappa shape index (κ1) is 18.0. The number of aromatic nitrogens is 4. The highest BCUT2D eigenvalue weighted by Gasteiger charge is 2.26. The minimum atomic E-state index is -1.36. The van der Waals surface area contributed by atoms with Crippen molar-refractivity contribution in [1.82, 2.24) is 20.4 Å². The molecule has 0 aromatic carbocycles. The molecule has 25 heavy (non-hydrogen) atoms. The number of aliphatic carboxylic acids is 2. The van der Waals surface area contributed by atoms with Crippen LogP contribution in [0.15, 0.2) is 20.1 Å². The minimum absolute atomic E-state index is 0.241. The summed E-state index contributed by atoms with van der Waals surface area (Å²) in [6.07, 6.45) is 0.647. The van der Waals surface area contributed by atoms with E-state index in [4.69, 9.17) is 5.11 Å². The summed E-state index contributed by atoms with van der Waals surface area (Å²) < 4.78 is 0.838. The van der Waals surface area contributed by atoms with E-state index in [0.29, 0.717) is 35.9 Å². The fourth-order valence-corrected chi connectivity index (χ4v) is 4.98. The Morgan fingerprint density at radius 1 is 1.00 bits per heavy atom. The van der Waals surface area contributed by atoms with Gasteiger partial charge in [-0.25, -0.2) is 9.59 Å². The van der Waals surface area contributed by atoms with Crippen LogP contribution in [0, 0.1) is 0 Å². The Labute approximate surface area is 162 Å². The molecule has 0 radical (unpaired) electrons. The Kier molecular flexibility index (Phi) is 5.19. The smallest absolute Gasteiger partial charge is 0.337 e. The van der Waals surface area contributed by atoms with Crippen molar-refractivity contribution >= 4 is 76.8 Å². The molecule has 3 rings (SSSR count). The van der Waals surface area contributed by atoms with E-state index in [1.807, 2.05) is 0 Å². The van der Waals surface area contributed by atoms with Gasteiger partial charge in [-0.1, -0.05) is 22.7 Å². The normalized spacial score (nSPS) is 11.7. The molecule has 3 aromatic heterocycles. The van der Waals surface area contributed by atoms with Gasteiger partial charge in [-0.05, 0) is 0 Å². The number of carboxylic acids is 2. The lowest BCUT2D eigenvalue weighted by Gasteiger charge is -2.03. The third-order valence-electron chi connectivity index (χ3n) is 2.81. The SMILES string of the molecule is O=C(O)C=C(C(=O)O)c1scc(-c2nnc(S)s2)c1-c1nnc(S)s1. The fraction of sp³-hybridized carbons (Fsp3) is 0. The van der Waals surface area contributed by atoms with Gasteiger partial charge in [-0.15, -0.1) is 57.0 Å². The van der Waals surface area contributed by atoms with E-state index in [0.717, 1.165) is 22.7 Å². The molecule has 0 aliphatic carbocycles. The van der Waals surface area contributed by atoms with Crippen LogP contribution in [0.25, 0.3) is 26.7 Å². The lowest BCUT2D eigenvalue weighted by Crippen LogP contribution is -2.03. The van der Waals surface area contributed by atoms with Crippen LogP contribution in [0.4, 0.5) is 0 Å². The molecule has 0 fully saturated rings. The molecule has 0 atom stereocenters. The van der Waals surface area contributed by atoms with Crippen LogP contribution >= 0.6 is 59.3 Å². The maximum absolute atomic E-state index is 11.6. The Morgan fingerprint density at radius 2 is 1.60 bits per heavy atom. The summed E-state index contributed by atoms with van der Waals surface area (Å²) in [6, 6.07) is 0.